The first-order valence-corrected chi connectivity index (χ1v) is 10.1. The van der Waals surface area contributed by atoms with Crippen LogP contribution in [0.1, 0.15) is 33.6 Å². The van der Waals surface area contributed by atoms with Gasteiger partial charge < -0.3 is 21.1 Å². The van der Waals surface area contributed by atoms with Crippen LogP contribution in [-0.4, -0.2) is 58.0 Å². The number of fused-ring (bicyclic) bond motifs is 1. The predicted octanol–water partition coefficient (Wildman–Crippen LogP) is 2.08. The number of carbonyl (C=O) groups is 2. The molecule has 0 aliphatic carbocycles. The molecule has 0 saturated carbocycles. The van der Waals surface area contributed by atoms with Gasteiger partial charge in [-0.1, -0.05) is 30.7 Å². The number of pyridine rings is 1. The van der Waals surface area contributed by atoms with E-state index >= 15 is 0 Å². The Bertz CT molecular complexity index is 1100. The summed E-state index contributed by atoms with van der Waals surface area (Å²) in [7, 11) is 0. The van der Waals surface area contributed by atoms with Gasteiger partial charge >= 0.3 is 0 Å². The van der Waals surface area contributed by atoms with E-state index in [4.69, 9.17) is 27.8 Å². The highest BCUT2D eigenvalue weighted by Gasteiger charge is 2.23. The number of halogens is 1. The van der Waals surface area contributed by atoms with Crippen LogP contribution in [0.15, 0.2) is 36.7 Å². The second-order valence-electron chi connectivity index (χ2n) is 6.71. The van der Waals surface area contributed by atoms with Gasteiger partial charge in [0.2, 0.25) is 0 Å². The van der Waals surface area contributed by atoms with Crippen LogP contribution in [0.5, 0.6) is 0 Å². The third-order valence-electron chi connectivity index (χ3n) is 4.68. The number of nitrogens with two attached hydrogens (primary N) is 2. The summed E-state index contributed by atoms with van der Waals surface area (Å²) in [6.45, 7) is 4.38. The number of aryl methyl sites for hydroxylation is 1. The number of hydrogen-bond acceptors (Lipinski definition) is 7. The second kappa shape index (κ2) is 10.1. The molecular formula is C21H23ClN6O3. The van der Waals surface area contributed by atoms with Crippen molar-refractivity contribution < 1.29 is 14.3 Å². The quantitative estimate of drug-likeness (QED) is 0.633. The average Bonchev–Trinajstić information content (AvgIpc) is 2.79. The van der Waals surface area contributed by atoms with E-state index in [0.717, 1.165) is 22.9 Å². The van der Waals surface area contributed by atoms with Gasteiger partial charge in [-0.25, -0.2) is 15.0 Å². The van der Waals surface area contributed by atoms with Crippen molar-refractivity contribution in [1.29, 1.82) is 0 Å². The Kier molecular flexibility index (Phi) is 7.32. The van der Waals surface area contributed by atoms with E-state index in [1.807, 2.05) is 25.1 Å². The number of nitrogens with zero attached hydrogens (tertiary/aromatic N) is 4. The Morgan fingerprint density at radius 2 is 1.87 bits per heavy atom. The molecule has 0 spiro atoms. The van der Waals surface area contributed by atoms with Gasteiger partial charge in [-0.2, -0.15) is 0 Å². The maximum absolute atomic E-state index is 12.8. The molecule has 1 aromatic carbocycles. The van der Waals surface area contributed by atoms with E-state index in [1.54, 1.807) is 11.0 Å². The third-order valence-corrected chi connectivity index (χ3v) is 5.00. The van der Waals surface area contributed by atoms with Crippen molar-refractivity contribution in [2.45, 2.75) is 13.3 Å². The Morgan fingerprint density at radius 1 is 1.16 bits per heavy atom. The van der Waals surface area contributed by atoms with Crippen LogP contribution in [0.2, 0.25) is 5.02 Å². The number of hydrogen-bond donors (Lipinski definition) is 2. The third kappa shape index (κ3) is 5.25. The topological polar surface area (TPSA) is 137 Å². The Balaban J connectivity index is 0.000000229. The van der Waals surface area contributed by atoms with Crippen LogP contribution in [0.4, 0.5) is 5.82 Å². The number of aromatic nitrogens is 3. The molecule has 3 aromatic rings. The summed E-state index contributed by atoms with van der Waals surface area (Å²) in [6.07, 6.45) is 3.53. The maximum Gasteiger partial charge on any atom is 0.273 e. The molecule has 31 heavy (non-hydrogen) atoms. The number of rotatable bonds is 3. The first-order valence-electron chi connectivity index (χ1n) is 9.73. The van der Waals surface area contributed by atoms with Crippen molar-refractivity contribution in [2.75, 3.05) is 32.0 Å². The molecule has 1 aliphatic rings. The summed E-state index contributed by atoms with van der Waals surface area (Å²) in [4.78, 5) is 36.8. The first kappa shape index (κ1) is 22.4. The number of nitrogen functional groups attached to an aromatic ring is 1. The molecule has 2 amide bonds. The fourth-order valence-electron chi connectivity index (χ4n) is 3.11. The summed E-state index contributed by atoms with van der Waals surface area (Å²) in [5, 5.41) is 2.28. The minimum Gasteiger partial charge on any atom is -0.382 e. The average molecular weight is 443 g/mol. The largest absolute Gasteiger partial charge is 0.382 e. The van der Waals surface area contributed by atoms with Crippen molar-refractivity contribution in [3.63, 3.8) is 0 Å². The minimum atomic E-state index is -0.661. The second-order valence-corrected chi connectivity index (χ2v) is 7.12. The fraction of sp³-hybridized carbons (Fsp3) is 0.286. The molecule has 0 unspecified atom stereocenters. The van der Waals surface area contributed by atoms with Crippen molar-refractivity contribution in [2.24, 2.45) is 5.73 Å². The number of carbonyl (C=O) groups excluding carboxylic acids is 2. The highest BCUT2D eigenvalue weighted by atomic mass is 35.5. The molecule has 162 valence electrons. The lowest BCUT2D eigenvalue weighted by Gasteiger charge is -2.27. The highest BCUT2D eigenvalue weighted by molar-refractivity contribution is 6.36. The molecule has 1 fully saturated rings. The van der Waals surface area contributed by atoms with Gasteiger partial charge in [0.25, 0.3) is 11.8 Å². The molecule has 1 aliphatic heterocycles. The van der Waals surface area contributed by atoms with Crippen LogP contribution in [0, 0.1) is 0 Å². The van der Waals surface area contributed by atoms with Crippen molar-refractivity contribution >= 4 is 40.0 Å². The van der Waals surface area contributed by atoms with E-state index in [2.05, 4.69) is 15.0 Å². The van der Waals surface area contributed by atoms with Crippen molar-refractivity contribution in [1.82, 2.24) is 19.9 Å². The first-order chi connectivity index (χ1) is 14.9. The van der Waals surface area contributed by atoms with Gasteiger partial charge in [0.15, 0.2) is 11.5 Å². The molecule has 9 nitrogen and oxygen atoms in total. The van der Waals surface area contributed by atoms with Gasteiger partial charge in [-0.05, 0) is 23.9 Å². The number of morpholine rings is 1. The highest BCUT2D eigenvalue weighted by Crippen LogP contribution is 2.28. The summed E-state index contributed by atoms with van der Waals surface area (Å²) < 4.78 is 5.30. The summed E-state index contributed by atoms with van der Waals surface area (Å²) in [5.74, 6) is -0.660. The lowest BCUT2D eigenvalue weighted by atomic mass is 10.1. The Labute approximate surface area is 184 Å². The molecule has 2 aromatic heterocycles. The van der Waals surface area contributed by atoms with E-state index in [0.29, 0.717) is 37.0 Å². The summed E-state index contributed by atoms with van der Waals surface area (Å²) >= 11 is 6.31. The van der Waals surface area contributed by atoms with E-state index in [9.17, 15) is 9.59 Å². The van der Waals surface area contributed by atoms with Gasteiger partial charge in [-0.15, -0.1) is 0 Å². The lowest BCUT2D eigenvalue weighted by molar-refractivity contribution is 0.0300. The Morgan fingerprint density at radius 3 is 2.48 bits per heavy atom. The molecule has 10 heteroatoms. The molecule has 4 rings (SSSR count). The Hall–Kier alpha value is -3.30. The SMILES string of the molecule is CCc1cc2cccc(Cl)c2c(C(=O)N2CCOCC2)n1.NC(=O)c1nccnc1N. The lowest BCUT2D eigenvalue weighted by Crippen LogP contribution is -2.41. The minimum absolute atomic E-state index is 0.0162. The van der Waals surface area contributed by atoms with Crippen LogP contribution >= 0.6 is 11.6 Å². The standard InChI is InChI=1S/C16H17ClN2O2.C5H6N4O/c1-2-12-10-11-4-3-5-13(17)14(11)15(18-12)16(20)19-6-8-21-9-7-19;6-4-3(5(7)10)8-1-2-9-4/h3-5,10H,2,6-9H2,1H3;1-2H,(H2,6,9)(H2,7,10). The maximum atomic E-state index is 12.8. The zero-order valence-corrected chi connectivity index (χ0v) is 17.8. The van der Waals surface area contributed by atoms with Crippen LogP contribution < -0.4 is 11.5 Å². The molecule has 0 atom stereocenters. The van der Waals surface area contributed by atoms with E-state index in [1.165, 1.54) is 12.4 Å². The monoisotopic (exact) mass is 442 g/mol. The fourth-order valence-corrected chi connectivity index (χ4v) is 3.38. The van der Waals surface area contributed by atoms with Crippen LogP contribution in [0.3, 0.4) is 0 Å². The van der Waals surface area contributed by atoms with Crippen LogP contribution in [0.25, 0.3) is 10.8 Å². The normalized spacial score (nSPS) is 13.4. The zero-order chi connectivity index (χ0) is 22.4. The molecular weight excluding hydrogens is 420 g/mol. The number of amides is 2. The number of ether oxygens (including phenoxy) is 1. The number of anilines is 1. The van der Waals surface area contributed by atoms with Crippen molar-refractivity contribution in [3.05, 3.63) is 58.8 Å². The van der Waals surface area contributed by atoms with Gasteiger partial charge in [0.1, 0.15) is 5.69 Å². The summed E-state index contributed by atoms with van der Waals surface area (Å²) in [5.41, 5.74) is 11.5. The van der Waals surface area contributed by atoms with Crippen LogP contribution in [-0.2, 0) is 11.2 Å². The molecule has 0 radical (unpaired) electrons. The predicted molar refractivity (Wildman–Crippen MR) is 118 cm³/mol. The molecule has 0 bridgehead atoms. The molecule has 1 saturated heterocycles. The summed E-state index contributed by atoms with van der Waals surface area (Å²) in [6, 6.07) is 7.66. The molecule has 4 N–H and O–H groups in total. The van der Waals surface area contributed by atoms with Gasteiger partial charge in [0.05, 0.1) is 18.2 Å². The molecule has 3 heterocycles. The van der Waals surface area contributed by atoms with E-state index < -0.39 is 5.91 Å². The van der Waals surface area contributed by atoms with E-state index in [-0.39, 0.29) is 17.4 Å². The number of benzene rings is 1. The smallest absolute Gasteiger partial charge is 0.273 e. The van der Waals surface area contributed by atoms with Crippen molar-refractivity contribution in [3.8, 4) is 0 Å². The van der Waals surface area contributed by atoms with Gasteiger partial charge in [-0.3, -0.25) is 9.59 Å². The van der Waals surface area contributed by atoms with Gasteiger partial charge in [0, 0.05) is 36.6 Å². The zero-order valence-electron chi connectivity index (χ0n) is 17.0. The number of primary amides is 1.